The van der Waals surface area contributed by atoms with Gasteiger partial charge in [0.25, 0.3) is 0 Å². The number of methoxy groups -OCH3 is 1. The van der Waals surface area contributed by atoms with Gasteiger partial charge < -0.3 is 25.4 Å². The summed E-state index contributed by atoms with van der Waals surface area (Å²) >= 11 is 0. The predicted molar refractivity (Wildman–Crippen MR) is 148 cm³/mol. The van der Waals surface area contributed by atoms with E-state index in [1.807, 2.05) is 73.3 Å². The lowest BCUT2D eigenvalue weighted by atomic mass is 9.86. The van der Waals surface area contributed by atoms with Crippen LogP contribution in [0.1, 0.15) is 58.1 Å². The van der Waals surface area contributed by atoms with Gasteiger partial charge in [-0.15, -0.1) is 0 Å². The van der Waals surface area contributed by atoms with Crippen molar-refractivity contribution in [3.8, 4) is 5.75 Å². The van der Waals surface area contributed by atoms with Gasteiger partial charge in [-0.05, 0) is 42.5 Å². The molecule has 0 radical (unpaired) electrons. The second-order valence-electron chi connectivity index (χ2n) is 10.3. The molecule has 2 atom stereocenters. The summed E-state index contributed by atoms with van der Waals surface area (Å²) in [4.78, 5) is 28.2. The van der Waals surface area contributed by atoms with Crippen LogP contribution in [-0.2, 0) is 22.6 Å². The second kappa shape index (κ2) is 15.4. The Morgan fingerprint density at radius 2 is 1.65 bits per heavy atom. The Morgan fingerprint density at radius 1 is 1.00 bits per heavy atom. The van der Waals surface area contributed by atoms with Gasteiger partial charge >= 0.3 is 0 Å². The number of nitrogens with zero attached hydrogens (tertiary/aromatic N) is 1. The highest BCUT2D eigenvalue weighted by Crippen LogP contribution is 2.23. The highest BCUT2D eigenvalue weighted by Gasteiger charge is 2.34. The molecule has 0 spiro atoms. The quantitative estimate of drug-likeness (QED) is 0.318. The highest BCUT2D eigenvalue weighted by molar-refractivity contribution is 5.88. The van der Waals surface area contributed by atoms with Crippen molar-refractivity contribution in [1.29, 1.82) is 0 Å². The van der Waals surface area contributed by atoms with E-state index in [4.69, 9.17) is 4.74 Å². The van der Waals surface area contributed by atoms with Gasteiger partial charge in [-0.2, -0.15) is 0 Å². The maximum Gasteiger partial charge on any atom is 0.226 e. The lowest BCUT2D eigenvalue weighted by Gasteiger charge is -2.31. The molecule has 2 rings (SSSR count). The Balaban J connectivity index is 2.07. The normalized spacial score (nSPS) is 13.0. The molecule has 2 amide bonds. The van der Waals surface area contributed by atoms with E-state index in [0.717, 1.165) is 29.7 Å². The Bertz CT molecular complexity index is 958. The molecule has 2 aromatic carbocycles. The van der Waals surface area contributed by atoms with Crippen LogP contribution in [-0.4, -0.2) is 60.7 Å². The molecule has 0 aliphatic rings. The Morgan fingerprint density at radius 3 is 2.27 bits per heavy atom. The van der Waals surface area contributed by atoms with E-state index in [0.29, 0.717) is 32.6 Å². The molecule has 0 aliphatic heterocycles. The standard InChI is InChI=1S/C30H45N3O4/c1-6-16-33(17-7-2)28(35)20-30(3,4)29(36)32-26(19-23-12-9-8-10-13-23)27(34)22-31-21-24-14-11-15-25(18-24)37-5/h8-15,18,26-27,31,34H,6-7,16-17,19-22H2,1-5H3,(H,32,36)/t26-,27+/m0/s1. The zero-order valence-corrected chi connectivity index (χ0v) is 23.1. The van der Waals surface area contributed by atoms with E-state index in [1.165, 1.54) is 0 Å². The smallest absolute Gasteiger partial charge is 0.226 e. The first kappa shape index (κ1) is 30.3. The number of ether oxygens (including phenoxy) is 1. The average Bonchev–Trinajstić information content (AvgIpc) is 2.88. The summed E-state index contributed by atoms with van der Waals surface area (Å²) in [7, 11) is 1.63. The first-order chi connectivity index (χ1) is 17.7. The molecule has 0 saturated carbocycles. The molecule has 0 aromatic heterocycles. The Kier molecular flexibility index (Phi) is 12.6. The number of amides is 2. The fourth-order valence-electron chi connectivity index (χ4n) is 4.28. The summed E-state index contributed by atoms with van der Waals surface area (Å²) in [5.41, 5.74) is 1.16. The molecular formula is C30H45N3O4. The summed E-state index contributed by atoms with van der Waals surface area (Å²) < 4.78 is 5.28. The number of aliphatic hydroxyl groups excluding tert-OH is 1. The van der Waals surface area contributed by atoms with E-state index in [2.05, 4.69) is 10.6 Å². The molecule has 0 unspecified atom stereocenters. The molecule has 2 aromatic rings. The Hall–Kier alpha value is -2.90. The number of aliphatic hydroxyl groups is 1. The molecule has 0 heterocycles. The van der Waals surface area contributed by atoms with E-state index < -0.39 is 17.6 Å². The van der Waals surface area contributed by atoms with Crippen LogP contribution < -0.4 is 15.4 Å². The highest BCUT2D eigenvalue weighted by atomic mass is 16.5. The Labute approximate surface area is 222 Å². The number of benzene rings is 2. The van der Waals surface area contributed by atoms with Gasteiger partial charge in [0.05, 0.1) is 24.7 Å². The van der Waals surface area contributed by atoms with Crippen LogP contribution in [0, 0.1) is 5.41 Å². The van der Waals surface area contributed by atoms with Gasteiger partial charge in [0.2, 0.25) is 11.8 Å². The minimum atomic E-state index is -0.903. The third-order valence-electron chi connectivity index (χ3n) is 6.44. The van der Waals surface area contributed by atoms with Crippen LogP contribution in [0.4, 0.5) is 0 Å². The minimum absolute atomic E-state index is 0.0102. The van der Waals surface area contributed by atoms with Crippen molar-refractivity contribution < 1.29 is 19.4 Å². The third kappa shape index (κ3) is 10.2. The van der Waals surface area contributed by atoms with E-state index in [9.17, 15) is 14.7 Å². The van der Waals surface area contributed by atoms with Gasteiger partial charge in [-0.3, -0.25) is 9.59 Å². The van der Waals surface area contributed by atoms with E-state index >= 15 is 0 Å². The van der Waals surface area contributed by atoms with Crippen molar-refractivity contribution in [3.63, 3.8) is 0 Å². The number of carbonyl (C=O) groups excluding carboxylic acids is 2. The first-order valence-electron chi connectivity index (χ1n) is 13.3. The molecule has 7 heteroatoms. The summed E-state index contributed by atoms with van der Waals surface area (Å²) in [5, 5.41) is 17.4. The molecule has 0 fully saturated rings. The van der Waals surface area contributed by atoms with Crippen molar-refractivity contribution in [2.24, 2.45) is 5.41 Å². The van der Waals surface area contributed by atoms with Crippen LogP contribution >= 0.6 is 0 Å². The molecular weight excluding hydrogens is 466 g/mol. The molecule has 0 aliphatic carbocycles. The second-order valence-corrected chi connectivity index (χ2v) is 10.3. The van der Waals surface area contributed by atoms with Crippen LogP contribution in [0.2, 0.25) is 0 Å². The largest absolute Gasteiger partial charge is 0.497 e. The number of carbonyl (C=O) groups is 2. The number of hydrogen-bond donors (Lipinski definition) is 3. The van der Waals surface area contributed by atoms with Crippen molar-refractivity contribution in [2.45, 2.75) is 72.1 Å². The zero-order chi connectivity index (χ0) is 27.3. The lowest BCUT2D eigenvalue weighted by Crippen LogP contribution is -2.52. The molecule has 7 nitrogen and oxygen atoms in total. The monoisotopic (exact) mass is 511 g/mol. The van der Waals surface area contributed by atoms with Crippen molar-refractivity contribution in [2.75, 3.05) is 26.7 Å². The maximum atomic E-state index is 13.4. The van der Waals surface area contributed by atoms with Crippen LogP contribution in [0.25, 0.3) is 0 Å². The van der Waals surface area contributed by atoms with E-state index in [-0.39, 0.29) is 18.2 Å². The minimum Gasteiger partial charge on any atom is -0.497 e. The zero-order valence-electron chi connectivity index (χ0n) is 23.1. The molecule has 204 valence electrons. The number of nitrogens with one attached hydrogen (secondary N) is 2. The average molecular weight is 512 g/mol. The van der Waals surface area contributed by atoms with Gasteiger partial charge in [-0.25, -0.2) is 0 Å². The lowest BCUT2D eigenvalue weighted by molar-refractivity contribution is -0.140. The van der Waals surface area contributed by atoms with Crippen molar-refractivity contribution in [1.82, 2.24) is 15.5 Å². The van der Waals surface area contributed by atoms with Gasteiger partial charge in [0, 0.05) is 32.6 Å². The third-order valence-corrected chi connectivity index (χ3v) is 6.44. The summed E-state index contributed by atoms with van der Waals surface area (Å²) in [6.45, 7) is 9.93. The van der Waals surface area contributed by atoms with Gasteiger partial charge in [0.15, 0.2) is 0 Å². The summed E-state index contributed by atoms with van der Waals surface area (Å²) in [6.07, 6.45) is 1.55. The van der Waals surface area contributed by atoms with Crippen LogP contribution in [0.15, 0.2) is 54.6 Å². The summed E-state index contributed by atoms with van der Waals surface area (Å²) in [5.74, 6) is 0.535. The van der Waals surface area contributed by atoms with Crippen LogP contribution in [0.5, 0.6) is 5.75 Å². The van der Waals surface area contributed by atoms with Crippen LogP contribution in [0.3, 0.4) is 0 Å². The summed E-state index contributed by atoms with van der Waals surface area (Å²) in [6, 6.07) is 17.0. The molecule has 0 saturated heterocycles. The van der Waals surface area contributed by atoms with Crippen molar-refractivity contribution in [3.05, 3.63) is 65.7 Å². The first-order valence-corrected chi connectivity index (χ1v) is 13.3. The number of hydrogen-bond acceptors (Lipinski definition) is 5. The van der Waals surface area contributed by atoms with Gasteiger partial charge in [-0.1, -0.05) is 70.2 Å². The predicted octanol–water partition coefficient (Wildman–Crippen LogP) is 3.94. The maximum absolute atomic E-state index is 13.4. The fraction of sp³-hybridized carbons (Fsp3) is 0.533. The molecule has 3 N–H and O–H groups in total. The molecule has 0 bridgehead atoms. The fourth-order valence-corrected chi connectivity index (χ4v) is 4.28. The van der Waals surface area contributed by atoms with E-state index in [1.54, 1.807) is 21.0 Å². The molecule has 37 heavy (non-hydrogen) atoms. The van der Waals surface area contributed by atoms with Crippen molar-refractivity contribution >= 4 is 11.8 Å². The topological polar surface area (TPSA) is 90.9 Å². The van der Waals surface area contributed by atoms with Gasteiger partial charge in [0.1, 0.15) is 5.75 Å². The number of rotatable bonds is 16. The SMILES string of the molecule is CCCN(CCC)C(=O)CC(C)(C)C(=O)N[C@@H](Cc1ccccc1)[C@H](O)CNCc1cccc(OC)c1.